The zero-order valence-corrected chi connectivity index (χ0v) is 18.7. The molecule has 1 unspecified atom stereocenters. The molecule has 0 radical (unpaired) electrons. The van der Waals surface area contributed by atoms with Crippen LogP contribution in [-0.4, -0.2) is 64.0 Å². The van der Waals surface area contributed by atoms with E-state index in [-0.39, 0.29) is 40.5 Å². The first-order valence-corrected chi connectivity index (χ1v) is 11.4. The molecule has 1 saturated heterocycles. The first-order valence-electron chi connectivity index (χ1n) is 9.55. The van der Waals surface area contributed by atoms with Crippen LogP contribution >= 0.6 is 11.6 Å². The number of sulfonamides is 1. The first kappa shape index (κ1) is 22.6. The lowest BCUT2D eigenvalue weighted by molar-refractivity contribution is 0.0728. The zero-order chi connectivity index (χ0) is 21.9. The number of para-hydroxylation sites is 1. The molecule has 2 aromatic carbocycles. The minimum atomic E-state index is -3.74. The van der Waals surface area contributed by atoms with Crippen LogP contribution in [0.3, 0.4) is 0 Å². The highest BCUT2D eigenvalue weighted by atomic mass is 35.5. The molecule has 9 heteroatoms. The van der Waals surface area contributed by atoms with Gasteiger partial charge in [-0.05, 0) is 31.2 Å². The van der Waals surface area contributed by atoms with Crippen molar-refractivity contribution >= 4 is 27.5 Å². The third-order valence-electron chi connectivity index (χ3n) is 5.27. The highest BCUT2D eigenvalue weighted by Gasteiger charge is 2.29. The second-order valence-electron chi connectivity index (χ2n) is 6.99. The number of nitrogens with zero attached hydrogens (tertiary/aromatic N) is 2. The van der Waals surface area contributed by atoms with Crippen LogP contribution in [0.15, 0.2) is 47.4 Å². The third-order valence-corrected chi connectivity index (χ3v) is 7.49. The average Bonchev–Trinajstić information content (AvgIpc) is 2.78. The number of methoxy groups -OCH3 is 1. The number of amides is 1. The summed E-state index contributed by atoms with van der Waals surface area (Å²) in [6.45, 7) is 3.12. The van der Waals surface area contributed by atoms with Gasteiger partial charge in [-0.1, -0.05) is 29.8 Å². The van der Waals surface area contributed by atoms with Gasteiger partial charge in [-0.2, -0.15) is 4.31 Å². The summed E-state index contributed by atoms with van der Waals surface area (Å²) < 4.78 is 37.9. The molecule has 0 spiro atoms. The molecule has 1 fully saturated rings. The number of halogens is 1. The van der Waals surface area contributed by atoms with Crippen LogP contribution in [0.4, 0.5) is 0 Å². The smallest absolute Gasteiger partial charge is 0.255 e. The van der Waals surface area contributed by atoms with Gasteiger partial charge in [0.05, 0.1) is 41.8 Å². The van der Waals surface area contributed by atoms with Crippen molar-refractivity contribution in [3.05, 3.63) is 58.6 Å². The zero-order valence-electron chi connectivity index (χ0n) is 17.2. The Morgan fingerprint density at radius 1 is 1.20 bits per heavy atom. The van der Waals surface area contributed by atoms with E-state index < -0.39 is 10.0 Å². The fourth-order valence-corrected chi connectivity index (χ4v) is 4.98. The van der Waals surface area contributed by atoms with Crippen LogP contribution in [0, 0.1) is 0 Å². The molecule has 1 aliphatic rings. The van der Waals surface area contributed by atoms with E-state index in [4.69, 9.17) is 21.1 Å². The van der Waals surface area contributed by atoms with Crippen LogP contribution in [0.1, 0.15) is 28.9 Å². The highest BCUT2D eigenvalue weighted by Crippen LogP contribution is 2.31. The Hall–Kier alpha value is -2.13. The molecular weight excluding hydrogens is 428 g/mol. The van der Waals surface area contributed by atoms with Crippen LogP contribution in [0.2, 0.25) is 5.02 Å². The molecule has 3 rings (SSSR count). The molecule has 0 aromatic heterocycles. The van der Waals surface area contributed by atoms with Crippen LogP contribution in [0.25, 0.3) is 0 Å². The molecule has 0 bridgehead atoms. The maximum Gasteiger partial charge on any atom is 0.255 e. The number of rotatable bonds is 6. The van der Waals surface area contributed by atoms with E-state index in [1.165, 1.54) is 27.4 Å². The molecular formula is C21H25ClN2O5S. The number of benzene rings is 2. The van der Waals surface area contributed by atoms with E-state index in [1.807, 2.05) is 31.2 Å². The minimum Gasteiger partial charge on any atom is -0.496 e. The quantitative estimate of drug-likeness (QED) is 0.672. The molecule has 7 nitrogen and oxygen atoms in total. The predicted octanol–water partition coefficient (Wildman–Crippen LogP) is 3.20. The van der Waals surface area contributed by atoms with Crippen molar-refractivity contribution in [2.45, 2.75) is 17.9 Å². The van der Waals surface area contributed by atoms with Gasteiger partial charge in [0, 0.05) is 25.7 Å². The lowest BCUT2D eigenvalue weighted by Crippen LogP contribution is -2.40. The minimum absolute atomic E-state index is 0.0375. The summed E-state index contributed by atoms with van der Waals surface area (Å²) in [5.41, 5.74) is 0.972. The van der Waals surface area contributed by atoms with Crippen LogP contribution in [0.5, 0.6) is 5.75 Å². The Morgan fingerprint density at radius 2 is 1.87 bits per heavy atom. The summed E-state index contributed by atoms with van der Waals surface area (Å²) in [7, 11) is -0.514. The lowest BCUT2D eigenvalue weighted by atomic mass is 10.0. The van der Waals surface area contributed by atoms with Gasteiger partial charge in [0.15, 0.2) is 0 Å². The van der Waals surface area contributed by atoms with Crippen molar-refractivity contribution < 1.29 is 22.7 Å². The second-order valence-corrected chi connectivity index (χ2v) is 9.34. The van der Waals surface area contributed by atoms with Crippen molar-refractivity contribution in [3.8, 4) is 5.75 Å². The number of ether oxygens (including phenoxy) is 2. The molecule has 0 N–H and O–H groups in total. The Labute approximate surface area is 182 Å². The van der Waals surface area contributed by atoms with Crippen molar-refractivity contribution in [3.63, 3.8) is 0 Å². The summed E-state index contributed by atoms with van der Waals surface area (Å²) in [6, 6.07) is 11.3. The summed E-state index contributed by atoms with van der Waals surface area (Å²) in [4.78, 5) is 14.8. The van der Waals surface area contributed by atoms with Gasteiger partial charge < -0.3 is 14.4 Å². The van der Waals surface area contributed by atoms with E-state index in [9.17, 15) is 13.2 Å². The number of hydrogen-bond acceptors (Lipinski definition) is 5. The Morgan fingerprint density at radius 3 is 2.53 bits per heavy atom. The topological polar surface area (TPSA) is 76.2 Å². The summed E-state index contributed by atoms with van der Waals surface area (Å²) >= 11 is 6.28. The van der Waals surface area contributed by atoms with E-state index in [2.05, 4.69) is 0 Å². The molecule has 1 amide bonds. The highest BCUT2D eigenvalue weighted by molar-refractivity contribution is 7.89. The van der Waals surface area contributed by atoms with Crippen LogP contribution < -0.4 is 4.74 Å². The van der Waals surface area contributed by atoms with Crippen molar-refractivity contribution in [1.82, 2.24) is 9.21 Å². The first-order chi connectivity index (χ1) is 14.3. The van der Waals surface area contributed by atoms with Crippen molar-refractivity contribution in [1.29, 1.82) is 0 Å². The monoisotopic (exact) mass is 452 g/mol. The fourth-order valence-electron chi connectivity index (χ4n) is 3.35. The van der Waals surface area contributed by atoms with Gasteiger partial charge in [-0.3, -0.25) is 4.79 Å². The summed E-state index contributed by atoms with van der Waals surface area (Å²) in [5, 5.41) is 0.194. The predicted molar refractivity (Wildman–Crippen MR) is 115 cm³/mol. The van der Waals surface area contributed by atoms with Gasteiger partial charge in [0.2, 0.25) is 10.0 Å². The standard InChI is InChI=1S/C21H25ClN2O5S/c1-15(17-6-4-5-7-20(17)28-3)23(2)21(25)18-14-16(8-9-19(18)22)30(26,27)24-10-12-29-13-11-24/h4-9,14-15H,10-13H2,1-3H3. The normalized spacial score (nSPS) is 16.1. The summed E-state index contributed by atoms with van der Waals surface area (Å²) in [6.07, 6.45) is 0. The van der Waals surface area contributed by atoms with Crippen LogP contribution in [-0.2, 0) is 14.8 Å². The second kappa shape index (κ2) is 9.34. The largest absolute Gasteiger partial charge is 0.496 e. The Balaban J connectivity index is 1.91. The molecule has 0 saturated carbocycles. The van der Waals surface area contributed by atoms with Gasteiger partial charge in [-0.25, -0.2) is 8.42 Å². The van der Waals surface area contributed by atoms with E-state index in [1.54, 1.807) is 14.2 Å². The van der Waals surface area contributed by atoms with Crippen molar-refractivity contribution in [2.24, 2.45) is 0 Å². The molecule has 162 valence electrons. The van der Waals surface area contributed by atoms with Gasteiger partial charge in [0.25, 0.3) is 5.91 Å². The van der Waals surface area contributed by atoms with Gasteiger partial charge in [0.1, 0.15) is 5.75 Å². The molecule has 1 atom stereocenters. The average molecular weight is 453 g/mol. The number of carbonyl (C=O) groups is 1. The molecule has 1 heterocycles. The number of hydrogen-bond donors (Lipinski definition) is 0. The maximum atomic E-state index is 13.2. The molecule has 0 aliphatic carbocycles. The van der Waals surface area contributed by atoms with Gasteiger partial charge >= 0.3 is 0 Å². The fraction of sp³-hybridized carbons (Fsp3) is 0.381. The van der Waals surface area contributed by atoms with Crippen molar-refractivity contribution in [2.75, 3.05) is 40.5 Å². The molecule has 30 heavy (non-hydrogen) atoms. The van der Waals surface area contributed by atoms with E-state index in [0.717, 1.165) is 5.56 Å². The molecule has 1 aliphatic heterocycles. The Kier molecular flexibility index (Phi) is 7.02. The lowest BCUT2D eigenvalue weighted by Gasteiger charge is -2.28. The molecule has 2 aromatic rings. The summed E-state index contributed by atoms with van der Waals surface area (Å²) in [5.74, 6) is 0.289. The Bertz CT molecular complexity index is 1020. The van der Waals surface area contributed by atoms with E-state index in [0.29, 0.717) is 19.0 Å². The maximum absolute atomic E-state index is 13.2. The number of carbonyl (C=O) groups excluding carboxylic acids is 1. The van der Waals surface area contributed by atoms with E-state index >= 15 is 0 Å². The SMILES string of the molecule is COc1ccccc1C(C)N(C)C(=O)c1cc(S(=O)(=O)N2CCOCC2)ccc1Cl. The third kappa shape index (κ3) is 4.46. The number of morpholine rings is 1. The van der Waals surface area contributed by atoms with Gasteiger partial charge in [-0.15, -0.1) is 0 Å².